The zero-order valence-corrected chi connectivity index (χ0v) is 15.9. The summed E-state index contributed by atoms with van der Waals surface area (Å²) < 4.78 is 0. The van der Waals surface area contributed by atoms with E-state index in [0.717, 1.165) is 49.5 Å². The van der Waals surface area contributed by atoms with Crippen LogP contribution in [-0.2, 0) is 17.8 Å². The number of anilines is 1. The van der Waals surface area contributed by atoms with Crippen molar-refractivity contribution < 1.29 is 9.59 Å². The van der Waals surface area contributed by atoms with Gasteiger partial charge in [-0.05, 0) is 19.3 Å². The highest BCUT2D eigenvalue weighted by Gasteiger charge is 2.25. The Kier molecular flexibility index (Phi) is 5.40. The van der Waals surface area contributed by atoms with Crippen molar-refractivity contribution in [3.63, 3.8) is 0 Å². The maximum atomic E-state index is 12.5. The topological polar surface area (TPSA) is 91.3 Å². The van der Waals surface area contributed by atoms with Crippen molar-refractivity contribution in [2.75, 3.05) is 31.5 Å². The van der Waals surface area contributed by atoms with E-state index in [4.69, 9.17) is 0 Å². The Hall–Kier alpha value is -2.39. The van der Waals surface area contributed by atoms with Gasteiger partial charge in [-0.3, -0.25) is 24.8 Å². The molecule has 27 heavy (non-hydrogen) atoms. The van der Waals surface area contributed by atoms with Gasteiger partial charge in [0.2, 0.25) is 5.91 Å². The molecule has 2 aliphatic rings. The van der Waals surface area contributed by atoms with Crippen LogP contribution in [0.4, 0.5) is 5.13 Å². The van der Waals surface area contributed by atoms with E-state index in [-0.39, 0.29) is 17.5 Å². The number of aromatic nitrogens is 3. The monoisotopic (exact) mass is 386 g/mol. The number of nitrogens with zero attached hydrogens (tertiary/aromatic N) is 5. The molecule has 0 unspecified atom stereocenters. The molecule has 4 heterocycles. The van der Waals surface area contributed by atoms with Crippen LogP contribution in [0.15, 0.2) is 18.6 Å². The average Bonchev–Trinajstić information content (AvgIpc) is 3.10. The van der Waals surface area contributed by atoms with E-state index in [0.29, 0.717) is 18.2 Å². The van der Waals surface area contributed by atoms with Crippen LogP contribution in [0.2, 0.25) is 0 Å². The van der Waals surface area contributed by atoms with Gasteiger partial charge in [0.15, 0.2) is 5.13 Å². The van der Waals surface area contributed by atoms with Crippen LogP contribution in [0, 0.1) is 0 Å². The minimum absolute atomic E-state index is 0.221. The van der Waals surface area contributed by atoms with E-state index in [1.807, 2.05) is 4.90 Å². The lowest BCUT2D eigenvalue weighted by atomic mass is 10.1. The summed E-state index contributed by atoms with van der Waals surface area (Å²) in [6.07, 6.45) is 8.68. The Labute approximate surface area is 161 Å². The first kappa shape index (κ1) is 18.0. The number of likely N-dealkylation sites (tertiary alicyclic amines) is 1. The predicted octanol–water partition coefficient (Wildman–Crippen LogP) is 1.56. The second-order valence-corrected chi connectivity index (χ2v) is 7.92. The zero-order valence-electron chi connectivity index (χ0n) is 15.1. The van der Waals surface area contributed by atoms with Gasteiger partial charge in [0.1, 0.15) is 5.69 Å². The van der Waals surface area contributed by atoms with Crippen molar-refractivity contribution >= 4 is 28.3 Å². The standard InChI is InChI=1S/C18H22N6O2S/c25-16(24-7-2-1-3-8-24)12-23-9-4-13-15(11-23)27-18(21-13)22-17(26)14-10-19-5-6-20-14/h5-6,10H,1-4,7-9,11-12H2,(H,21,22,26). The first-order valence-corrected chi connectivity index (χ1v) is 10.1. The van der Waals surface area contributed by atoms with Crippen LogP contribution >= 0.6 is 11.3 Å². The molecular weight excluding hydrogens is 364 g/mol. The first-order chi connectivity index (χ1) is 13.2. The summed E-state index contributed by atoms with van der Waals surface area (Å²) >= 11 is 1.47. The van der Waals surface area contributed by atoms with Crippen LogP contribution in [0.3, 0.4) is 0 Å². The molecule has 0 aromatic carbocycles. The van der Waals surface area contributed by atoms with Crippen LogP contribution in [0.1, 0.15) is 40.3 Å². The summed E-state index contributed by atoms with van der Waals surface area (Å²) in [5, 5.41) is 3.36. The third kappa shape index (κ3) is 4.30. The Bertz CT molecular complexity index is 819. The fourth-order valence-corrected chi connectivity index (χ4v) is 4.49. The van der Waals surface area contributed by atoms with E-state index in [2.05, 4.69) is 25.2 Å². The molecule has 2 aliphatic heterocycles. The lowest BCUT2D eigenvalue weighted by Gasteiger charge is -2.31. The van der Waals surface area contributed by atoms with Crippen LogP contribution in [-0.4, -0.2) is 62.7 Å². The molecule has 2 amide bonds. The van der Waals surface area contributed by atoms with Crippen LogP contribution < -0.4 is 5.32 Å². The minimum Gasteiger partial charge on any atom is -0.342 e. The molecule has 2 aromatic heterocycles. The molecule has 0 saturated carbocycles. The average molecular weight is 386 g/mol. The molecule has 142 valence electrons. The molecule has 0 radical (unpaired) electrons. The number of nitrogens with one attached hydrogen (secondary N) is 1. The van der Waals surface area contributed by atoms with E-state index in [9.17, 15) is 9.59 Å². The van der Waals surface area contributed by atoms with Gasteiger partial charge in [0.25, 0.3) is 5.91 Å². The normalized spacial score (nSPS) is 17.4. The molecule has 0 aliphatic carbocycles. The molecule has 0 atom stereocenters. The van der Waals surface area contributed by atoms with Crippen molar-refractivity contribution in [2.45, 2.75) is 32.2 Å². The quantitative estimate of drug-likeness (QED) is 0.857. The van der Waals surface area contributed by atoms with E-state index >= 15 is 0 Å². The molecule has 4 rings (SSSR count). The highest BCUT2D eigenvalue weighted by atomic mass is 32.1. The highest BCUT2D eigenvalue weighted by molar-refractivity contribution is 7.15. The summed E-state index contributed by atoms with van der Waals surface area (Å²) in [5.41, 5.74) is 1.27. The van der Waals surface area contributed by atoms with Gasteiger partial charge < -0.3 is 4.90 Å². The van der Waals surface area contributed by atoms with Gasteiger partial charge in [-0.25, -0.2) is 9.97 Å². The Balaban J connectivity index is 1.36. The number of carbonyl (C=O) groups is 2. The number of piperidine rings is 1. The van der Waals surface area contributed by atoms with Gasteiger partial charge in [-0.15, -0.1) is 11.3 Å². The highest BCUT2D eigenvalue weighted by Crippen LogP contribution is 2.28. The third-order valence-electron chi connectivity index (χ3n) is 4.89. The van der Waals surface area contributed by atoms with Crippen molar-refractivity contribution in [1.29, 1.82) is 0 Å². The molecule has 2 aromatic rings. The van der Waals surface area contributed by atoms with Crippen molar-refractivity contribution in [3.05, 3.63) is 34.9 Å². The molecule has 1 saturated heterocycles. The number of amides is 2. The van der Waals surface area contributed by atoms with Crippen molar-refractivity contribution in [3.8, 4) is 0 Å². The third-order valence-corrected chi connectivity index (χ3v) is 5.89. The van der Waals surface area contributed by atoms with Gasteiger partial charge in [0.05, 0.1) is 18.4 Å². The van der Waals surface area contributed by atoms with Crippen LogP contribution in [0.25, 0.3) is 0 Å². The second kappa shape index (κ2) is 8.10. The fraction of sp³-hybridized carbons (Fsp3) is 0.500. The smallest absolute Gasteiger partial charge is 0.277 e. The molecule has 0 bridgehead atoms. The summed E-state index contributed by atoms with van der Waals surface area (Å²) in [5.74, 6) is -0.0924. The second-order valence-electron chi connectivity index (χ2n) is 6.84. The Morgan fingerprint density at radius 3 is 2.78 bits per heavy atom. The molecule has 1 fully saturated rings. The van der Waals surface area contributed by atoms with Gasteiger partial charge in [-0.1, -0.05) is 0 Å². The molecule has 8 nitrogen and oxygen atoms in total. The fourth-order valence-electron chi connectivity index (χ4n) is 3.45. The van der Waals surface area contributed by atoms with Gasteiger partial charge in [-0.2, -0.15) is 0 Å². The zero-order chi connectivity index (χ0) is 18.6. The van der Waals surface area contributed by atoms with Crippen molar-refractivity contribution in [1.82, 2.24) is 24.8 Å². The minimum atomic E-state index is -0.314. The number of rotatable bonds is 4. The molecule has 9 heteroatoms. The largest absolute Gasteiger partial charge is 0.342 e. The van der Waals surface area contributed by atoms with E-state index in [1.54, 1.807) is 0 Å². The van der Waals surface area contributed by atoms with Gasteiger partial charge >= 0.3 is 0 Å². The molecule has 1 N–H and O–H groups in total. The molecule has 0 spiro atoms. The summed E-state index contributed by atoms with van der Waals surface area (Å²) in [6.45, 7) is 3.74. The van der Waals surface area contributed by atoms with Crippen molar-refractivity contribution in [2.24, 2.45) is 0 Å². The number of fused-ring (bicyclic) bond motifs is 1. The maximum Gasteiger partial charge on any atom is 0.277 e. The number of hydrogen-bond donors (Lipinski definition) is 1. The SMILES string of the molecule is O=C(Nc1nc2c(s1)CN(CC(=O)N1CCCCC1)CC2)c1cnccn1. The maximum absolute atomic E-state index is 12.5. The lowest BCUT2D eigenvalue weighted by molar-refractivity contribution is -0.133. The Morgan fingerprint density at radius 2 is 2.00 bits per heavy atom. The van der Waals surface area contributed by atoms with E-state index < -0.39 is 0 Å². The predicted molar refractivity (Wildman–Crippen MR) is 102 cm³/mol. The molecular formula is C18H22N6O2S. The Morgan fingerprint density at radius 1 is 1.15 bits per heavy atom. The number of thiazole rings is 1. The van der Waals surface area contributed by atoms with Crippen LogP contribution in [0.5, 0.6) is 0 Å². The summed E-state index contributed by atoms with van der Waals surface area (Å²) in [7, 11) is 0. The lowest BCUT2D eigenvalue weighted by Crippen LogP contribution is -2.43. The summed E-state index contributed by atoms with van der Waals surface area (Å²) in [4.78, 5) is 42.4. The van der Waals surface area contributed by atoms with E-state index in [1.165, 1.54) is 36.3 Å². The number of carbonyl (C=O) groups excluding carboxylic acids is 2. The van der Waals surface area contributed by atoms with Gasteiger partial charge in [0, 0.05) is 49.9 Å². The first-order valence-electron chi connectivity index (χ1n) is 9.25. The summed E-state index contributed by atoms with van der Waals surface area (Å²) in [6, 6.07) is 0. The number of hydrogen-bond acceptors (Lipinski definition) is 7.